The second-order valence-electron chi connectivity index (χ2n) is 5.70. The number of β-amino-alcohol motifs (C(OH)–C–C–N with tert-alkyl or cyclic N) is 1. The number of fused-ring (bicyclic) bond motifs is 1. The molecule has 1 fully saturated rings. The van der Waals surface area contributed by atoms with Gasteiger partial charge in [-0.15, -0.1) is 0 Å². The van der Waals surface area contributed by atoms with E-state index in [-0.39, 0.29) is 6.10 Å². The van der Waals surface area contributed by atoms with Crippen LogP contribution in [0.4, 0.5) is 5.82 Å². The Balaban J connectivity index is 1.63. The Bertz CT molecular complexity index is 548. The molecule has 0 bridgehead atoms. The van der Waals surface area contributed by atoms with Crippen LogP contribution in [0.5, 0.6) is 0 Å². The van der Waals surface area contributed by atoms with Crippen molar-refractivity contribution in [3.63, 3.8) is 0 Å². The third kappa shape index (κ3) is 3.07. The number of aliphatic hydroxyl groups is 1. The maximum absolute atomic E-state index is 10.2. The molecular formula is C15H22N4OS. The van der Waals surface area contributed by atoms with Crippen LogP contribution in [0, 0.1) is 5.92 Å². The molecule has 0 radical (unpaired) electrons. The van der Waals surface area contributed by atoms with Crippen LogP contribution in [0.25, 0.3) is 5.57 Å². The fourth-order valence-electron chi connectivity index (χ4n) is 3.11. The van der Waals surface area contributed by atoms with E-state index in [1.807, 2.05) is 11.8 Å². The first kappa shape index (κ1) is 14.8. The molecule has 2 atom stereocenters. The van der Waals surface area contributed by atoms with Gasteiger partial charge in [0.25, 0.3) is 0 Å². The summed E-state index contributed by atoms with van der Waals surface area (Å²) in [6.07, 6.45) is 4.34. The summed E-state index contributed by atoms with van der Waals surface area (Å²) < 4.78 is 0. The van der Waals surface area contributed by atoms with Gasteiger partial charge in [-0.05, 0) is 23.5 Å². The Morgan fingerprint density at radius 1 is 1.43 bits per heavy atom. The van der Waals surface area contributed by atoms with E-state index >= 15 is 0 Å². The highest BCUT2D eigenvalue weighted by atomic mass is 32.2. The number of nitrogens with two attached hydrogens (primary N) is 1. The number of nitrogen functional groups attached to an aromatic ring is 1. The van der Waals surface area contributed by atoms with E-state index in [4.69, 9.17) is 5.73 Å². The molecule has 1 aromatic heterocycles. The molecule has 1 saturated heterocycles. The van der Waals surface area contributed by atoms with E-state index in [0.717, 1.165) is 48.8 Å². The first-order valence-corrected chi connectivity index (χ1v) is 8.61. The summed E-state index contributed by atoms with van der Waals surface area (Å²) in [6, 6.07) is 0. The number of aromatic nitrogens is 2. The van der Waals surface area contributed by atoms with Crippen LogP contribution in [0.2, 0.25) is 0 Å². The Morgan fingerprint density at radius 3 is 3.10 bits per heavy atom. The lowest BCUT2D eigenvalue weighted by molar-refractivity contribution is 0.151. The van der Waals surface area contributed by atoms with Gasteiger partial charge in [-0.1, -0.05) is 13.0 Å². The van der Waals surface area contributed by atoms with Crippen molar-refractivity contribution in [2.24, 2.45) is 5.92 Å². The molecule has 5 nitrogen and oxygen atoms in total. The van der Waals surface area contributed by atoms with Gasteiger partial charge in [0, 0.05) is 31.1 Å². The van der Waals surface area contributed by atoms with Crippen molar-refractivity contribution >= 4 is 23.2 Å². The minimum atomic E-state index is -0.207. The Morgan fingerprint density at radius 2 is 2.29 bits per heavy atom. The topological polar surface area (TPSA) is 75.3 Å². The molecule has 3 N–H and O–H groups in total. The van der Waals surface area contributed by atoms with Crippen molar-refractivity contribution in [3.8, 4) is 0 Å². The summed E-state index contributed by atoms with van der Waals surface area (Å²) in [4.78, 5) is 10.8. The van der Waals surface area contributed by atoms with Crippen molar-refractivity contribution < 1.29 is 5.11 Å². The van der Waals surface area contributed by atoms with E-state index in [9.17, 15) is 5.11 Å². The van der Waals surface area contributed by atoms with E-state index < -0.39 is 0 Å². The number of hydrogen-bond donors (Lipinski definition) is 2. The lowest BCUT2D eigenvalue weighted by Crippen LogP contribution is -2.24. The van der Waals surface area contributed by atoms with Crippen LogP contribution < -0.4 is 5.73 Å². The molecule has 3 rings (SSSR count). The van der Waals surface area contributed by atoms with Gasteiger partial charge in [-0.25, -0.2) is 9.97 Å². The minimum absolute atomic E-state index is 0.207. The van der Waals surface area contributed by atoms with Gasteiger partial charge < -0.3 is 10.8 Å². The first-order valence-electron chi connectivity index (χ1n) is 7.46. The van der Waals surface area contributed by atoms with Crippen LogP contribution in [0.15, 0.2) is 12.4 Å². The standard InChI is InChI=1S/C15H22N4OS/c1-2-21-8-11-6-19(7-13(11)20)5-10-3-4-12-14(10)17-9-18-15(12)16/h3,9,11,13,20H,2,4-8H2,1H3,(H2,16,17,18)/t11-,13?/m1/s1. The predicted octanol–water partition coefficient (Wildman–Crippen LogP) is 1.04. The number of allylic oxidation sites excluding steroid dienone is 1. The zero-order valence-corrected chi connectivity index (χ0v) is 13.1. The monoisotopic (exact) mass is 306 g/mol. The predicted molar refractivity (Wildman–Crippen MR) is 87.1 cm³/mol. The van der Waals surface area contributed by atoms with E-state index in [1.165, 1.54) is 11.9 Å². The molecule has 0 spiro atoms. The summed E-state index contributed by atoms with van der Waals surface area (Å²) in [7, 11) is 0. The quantitative estimate of drug-likeness (QED) is 0.847. The Labute approximate surface area is 129 Å². The van der Waals surface area contributed by atoms with E-state index in [1.54, 1.807) is 0 Å². The van der Waals surface area contributed by atoms with Crippen molar-refractivity contribution in [1.29, 1.82) is 0 Å². The zero-order valence-electron chi connectivity index (χ0n) is 12.3. The molecule has 21 heavy (non-hydrogen) atoms. The maximum atomic E-state index is 10.2. The third-order valence-electron chi connectivity index (χ3n) is 4.25. The summed E-state index contributed by atoms with van der Waals surface area (Å²) in [5.41, 5.74) is 9.15. The SMILES string of the molecule is CCSC[C@H]1CN(CC2=CCc3c(N)ncnc32)CC1O. The normalized spacial score (nSPS) is 25.1. The van der Waals surface area contributed by atoms with Gasteiger partial charge in [0.15, 0.2) is 0 Å². The molecular weight excluding hydrogens is 284 g/mol. The number of likely N-dealkylation sites (tertiary alicyclic amines) is 1. The second kappa shape index (κ2) is 6.34. The third-order valence-corrected chi connectivity index (χ3v) is 5.32. The number of nitrogens with zero attached hydrogens (tertiary/aromatic N) is 3. The molecule has 0 amide bonds. The molecule has 114 valence electrons. The van der Waals surface area contributed by atoms with Crippen LogP contribution in [-0.2, 0) is 6.42 Å². The Kier molecular flexibility index (Phi) is 4.47. The van der Waals surface area contributed by atoms with Crippen LogP contribution in [0.1, 0.15) is 18.2 Å². The fraction of sp³-hybridized carbons (Fsp3) is 0.600. The molecule has 1 aliphatic carbocycles. The Hall–Kier alpha value is -1.11. The van der Waals surface area contributed by atoms with E-state index in [0.29, 0.717) is 11.7 Å². The van der Waals surface area contributed by atoms with Gasteiger partial charge in [0.2, 0.25) is 0 Å². The second-order valence-corrected chi connectivity index (χ2v) is 7.02. The molecule has 0 saturated carbocycles. The van der Waals surface area contributed by atoms with Gasteiger partial charge in [-0.2, -0.15) is 11.8 Å². The summed E-state index contributed by atoms with van der Waals surface area (Å²) >= 11 is 1.91. The molecule has 6 heteroatoms. The average molecular weight is 306 g/mol. The molecule has 2 aliphatic rings. The largest absolute Gasteiger partial charge is 0.391 e. The zero-order chi connectivity index (χ0) is 14.8. The van der Waals surface area contributed by atoms with E-state index in [2.05, 4.69) is 27.9 Å². The lowest BCUT2D eigenvalue weighted by atomic mass is 10.1. The molecule has 1 unspecified atom stereocenters. The van der Waals surface area contributed by atoms with Crippen LogP contribution >= 0.6 is 11.8 Å². The molecule has 2 heterocycles. The van der Waals surface area contributed by atoms with Crippen molar-refractivity contribution in [3.05, 3.63) is 23.7 Å². The number of hydrogen-bond acceptors (Lipinski definition) is 6. The average Bonchev–Trinajstić information content (AvgIpc) is 3.02. The minimum Gasteiger partial charge on any atom is -0.391 e. The summed E-state index contributed by atoms with van der Waals surface area (Å²) in [5.74, 6) is 3.12. The molecule has 1 aliphatic heterocycles. The molecule has 0 aromatic carbocycles. The van der Waals surface area contributed by atoms with Gasteiger partial charge >= 0.3 is 0 Å². The van der Waals surface area contributed by atoms with Gasteiger partial charge in [-0.3, -0.25) is 4.90 Å². The number of rotatable bonds is 5. The highest BCUT2D eigenvalue weighted by molar-refractivity contribution is 7.99. The van der Waals surface area contributed by atoms with Gasteiger partial charge in [0.05, 0.1) is 11.8 Å². The fourth-order valence-corrected chi connectivity index (χ4v) is 3.98. The van der Waals surface area contributed by atoms with Gasteiger partial charge in [0.1, 0.15) is 12.1 Å². The molecule has 1 aromatic rings. The first-order chi connectivity index (χ1) is 10.2. The number of aliphatic hydroxyl groups excluding tert-OH is 1. The highest BCUT2D eigenvalue weighted by Gasteiger charge is 2.32. The van der Waals surface area contributed by atoms with Crippen LogP contribution in [0.3, 0.4) is 0 Å². The number of thioether (sulfide) groups is 1. The van der Waals surface area contributed by atoms with Crippen molar-refractivity contribution in [2.75, 3.05) is 36.9 Å². The summed E-state index contributed by atoms with van der Waals surface area (Å²) in [6.45, 7) is 4.71. The van der Waals surface area contributed by atoms with Crippen molar-refractivity contribution in [1.82, 2.24) is 14.9 Å². The maximum Gasteiger partial charge on any atom is 0.130 e. The smallest absolute Gasteiger partial charge is 0.130 e. The lowest BCUT2D eigenvalue weighted by Gasteiger charge is -2.16. The summed E-state index contributed by atoms with van der Waals surface area (Å²) in [5, 5.41) is 10.2. The van der Waals surface area contributed by atoms with Crippen molar-refractivity contribution in [2.45, 2.75) is 19.4 Å². The van der Waals surface area contributed by atoms with Crippen LogP contribution in [-0.4, -0.2) is 57.2 Å². The number of anilines is 1. The highest BCUT2D eigenvalue weighted by Crippen LogP contribution is 2.30.